The van der Waals surface area contributed by atoms with Crippen molar-refractivity contribution in [1.29, 1.82) is 0 Å². The number of carboxylic acid groups (broad SMARTS) is 1. The number of aryl methyl sites for hydroxylation is 2. The molecule has 1 aliphatic heterocycles. The van der Waals surface area contributed by atoms with Gasteiger partial charge in [0.15, 0.2) is 0 Å². The molecule has 1 aromatic carbocycles. The van der Waals surface area contributed by atoms with Crippen LogP contribution in [0, 0.1) is 12.8 Å². The van der Waals surface area contributed by atoms with E-state index in [9.17, 15) is 14.7 Å². The highest BCUT2D eigenvalue weighted by Crippen LogP contribution is 2.27. The fourth-order valence-electron chi connectivity index (χ4n) is 3.93. The van der Waals surface area contributed by atoms with E-state index in [0.717, 1.165) is 5.56 Å². The Morgan fingerprint density at radius 2 is 1.97 bits per heavy atom. The smallest absolute Gasteiger partial charge is 0.410 e. The van der Waals surface area contributed by atoms with Crippen molar-refractivity contribution in [2.75, 3.05) is 20.3 Å². The third-order valence-electron chi connectivity index (χ3n) is 5.94. The molecule has 0 bridgehead atoms. The maximum Gasteiger partial charge on any atom is 0.410 e. The first kappa shape index (κ1) is 25.1. The van der Waals surface area contributed by atoms with Gasteiger partial charge in [-0.1, -0.05) is 35.5 Å². The summed E-state index contributed by atoms with van der Waals surface area (Å²) >= 11 is 0. The zero-order valence-corrected chi connectivity index (χ0v) is 20.5. The predicted molar refractivity (Wildman–Crippen MR) is 128 cm³/mol. The summed E-state index contributed by atoms with van der Waals surface area (Å²) in [5, 5.41) is 17.5. The van der Waals surface area contributed by atoms with Crippen LogP contribution >= 0.6 is 0 Å². The van der Waals surface area contributed by atoms with Gasteiger partial charge in [-0.3, -0.25) is 4.79 Å². The van der Waals surface area contributed by atoms with Gasteiger partial charge in [0.2, 0.25) is 0 Å². The molecule has 0 unspecified atom stereocenters. The first-order valence-corrected chi connectivity index (χ1v) is 11.6. The van der Waals surface area contributed by atoms with Gasteiger partial charge in [0.1, 0.15) is 29.8 Å². The molecule has 11 heteroatoms. The molecule has 1 N–H and O–H groups in total. The van der Waals surface area contributed by atoms with Crippen molar-refractivity contribution in [3.8, 4) is 17.1 Å². The highest BCUT2D eigenvalue weighted by Gasteiger charge is 2.29. The summed E-state index contributed by atoms with van der Waals surface area (Å²) in [6, 6.07) is 13.2. The number of aliphatic carboxylic acids is 1. The number of amides is 1. The fourth-order valence-corrected chi connectivity index (χ4v) is 3.93. The Bertz CT molecular complexity index is 1210. The van der Waals surface area contributed by atoms with E-state index >= 15 is 0 Å². The van der Waals surface area contributed by atoms with Crippen molar-refractivity contribution < 1.29 is 28.9 Å². The van der Waals surface area contributed by atoms with E-state index in [1.165, 1.54) is 4.90 Å². The molecule has 190 valence electrons. The van der Waals surface area contributed by atoms with E-state index in [1.807, 2.05) is 30.3 Å². The maximum absolute atomic E-state index is 12.5. The molecule has 2 atom stereocenters. The summed E-state index contributed by atoms with van der Waals surface area (Å²) in [6.45, 7) is 2.71. The number of carboxylic acids is 1. The van der Waals surface area contributed by atoms with Crippen molar-refractivity contribution >= 4 is 12.1 Å². The maximum atomic E-state index is 12.5. The lowest BCUT2D eigenvalue weighted by molar-refractivity contribution is -0.149. The molecule has 0 aliphatic carbocycles. The van der Waals surface area contributed by atoms with E-state index in [1.54, 1.807) is 37.8 Å². The molecule has 1 saturated heterocycles. The monoisotopic (exact) mass is 495 g/mol. The van der Waals surface area contributed by atoms with Crippen LogP contribution in [0.5, 0.6) is 5.75 Å². The van der Waals surface area contributed by atoms with Crippen molar-refractivity contribution in [3.05, 3.63) is 59.4 Å². The molecule has 3 aromatic rings. The molecule has 2 aromatic heterocycles. The van der Waals surface area contributed by atoms with Crippen LogP contribution in [0.2, 0.25) is 0 Å². The summed E-state index contributed by atoms with van der Waals surface area (Å²) in [5.74, 6) is -0.943. The topological polar surface area (TPSA) is 129 Å². The highest BCUT2D eigenvalue weighted by molar-refractivity contribution is 5.70. The molecular weight excluding hydrogens is 466 g/mol. The molecule has 0 saturated carbocycles. The SMILES string of the molecule is Cc1nc(-c2nnn(C)c2COC(=O)N(C)Cc2ccccc2)ccc1O[C@@H]1COC[C@@H](C(=O)O)C1. The van der Waals surface area contributed by atoms with Gasteiger partial charge in [0.25, 0.3) is 0 Å². The number of carbonyl (C=O) groups is 2. The summed E-state index contributed by atoms with van der Waals surface area (Å²) in [5.41, 5.74) is 3.26. The Labute approximate surface area is 208 Å². The van der Waals surface area contributed by atoms with Gasteiger partial charge in [-0.25, -0.2) is 14.5 Å². The molecule has 1 aliphatic rings. The van der Waals surface area contributed by atoms with E-state index in [2.05, 4.69) is 15.3 Å². The first-order valence-electron chi connectivity index (χ1n) is 11.6. The number of benzene rings is 1. The molecule has 1 fully saturated rings. The third kappa shape index (κ3) is 5.98. The van der Waals surface area contributed by atoms with Gasteiger partial charge in [-0.2, -0.15) is 0 Å². The minimum atomic E-state index is -0.893. The van der Waals surface area contributed by atoms with Crippen molar-refractivity contribution in [1.82, 2.24) is 24.9 Å². The van der Waals surface area contributed by atoms with E-state index in [-0.39, 0.29) is 19.3 Å². The van der Waals surface area contributed by atoms with Crippen LogP contribution in [0.4, 0.5) is 4.79 Å². The zero-order chi connectivity index (χ0) is 25.7. The fraction of sp³-hybridized carbons (Fsp3) is 0.400. The van der Waals surface area contributed by atoms with Gasteiger partial charge >= 0.3 is 12.1 Å². The largest absolute Gasteiger partial charge is 0.486 e. The lowest BCUT2D eigenvalue weighted by Crippen LogP contribution is -2.37. The summed E-state index contributed by atoms with van der Waals surface area (Å²) in [4.78, 5) is 29.9. The van der Waals surface area contributed by atoms with Crippen molar-refractivity contribution in [2.45, 2.75) is 32.6 Å². The van der Waals surface area contributed by atoms with E-state index in [4.69, 9.17) is 14.2 Å². The minimum absolute atomic E-state index is 0.0221. The van der Waals surface area contributed by atoms with Gasteiger partial charge < -0.3 is 24.2 Å². The van der Waals surface area contributed by atoms with E-state index < -0.39 is 18.0 Å². The van der Waals surface area contributed by atoms with Crippen LogP contribution in [0.3, 0.4) is 0 Å². The second-order valence-corrected chi connectivity index (χ2v) is 8.73. The molecule has 11 nitrogen and oxygen atoms in total. The minimum Gasteiger partial charge on any atom is -0.486 e. The van der Waals surface area contributed by atoms with Crippen molar-refractivity contribution in [2.24, 2.45) is 13.0 Å². The number of ether oxygens (including phenoxy) is 3. The second kappa shape index (κ2) is 11.2. The molecule has 4 rings (SSSR count). The van der Waals surface area contributed by atoms with E-state index in [0.29, 0.717) is 48.1 Å². The number of hydrogen-bond donors (Lipinski definition) is 1. The van der Waals surface area contributed by atoms with Gasteiger partial charge in [0, 0.05) is 27.1 Å². The standard InChI is InChI=1S/C25H29N5O6/c1-16-22(36-19-11-18(24(31)32)13-34-14-19)10-9-20(26-16)23-21(30(3)28-27-23)15-35-25(33)29(2)12-17-7-5-4-6-8-17/h4-10,18-19H,11-15H2,1-3H3,(H,31,32)/t18-,19-/m0/s1. The average molecular weight is 496 g/mol. The molecular formula is C25H29N5O6. The third-order valence-corrected chi connectivity index (χ3v) is 5.94. The number of rotatable bonds is 8. The van der Waals surface area contributed by atoms with Crippen LogP contribution < -0.4 is 4.74 Å². The summed E-state index contributed by atoms with van der Waals surface area (Å²) < 4.78 is 18.4. The number of hydrogen-bond acceptors (Lipinski definition) is 8. The normalized spacial score (nSPS) is 17.4. The zero-order valence-electron chi connectivity index (χ0n) is 20.5. The molecule has 3 heterocycles. The van der Waals surface area contributed by atoms with Crippen LogP contribution in [-0.4, -0.2) is 68.4 Å². The highest BCUT2D eigenvalue weighted by atomic mass is 16.6. The van der Waals surface area contributed by atoms with Gasteiger partial charge in [-0.05, 0) is 24.6 Å². The number of carbonyl (C=O) groups excluding carboxylic acids is 1. The van der Waals surface area contributed by atoms with Crippen LogP contribution in [0.15, 0.2) is 42.5 Å². The summed E-state index contributed by atoms with van der Waals surface area (Å²) in [6.07, 6.45) is -0.464. The Hall–Kier alpha value is -3.99. The van der Waals surface area contributed by atoms with Crippen LogP contribution in [-0.2, 0) is 34.5 Å². The average Bonchev–Trinajstić information content (AvgIpc) is 3.24. The van der Waals surface area contributed by atoms with Gasteiger partial charge in [-0.15, -0.1) is 5.10 Å². The van der Waals surface area contributed by atoms with Gasteiger partial charge in [0.05, 0.1) is 30.5 Å². The number of pyridine rings is 1. The Kier molecular flexibility index (Phi) is 7.79. The van der Waals surface area contributed by atoms with Crippen LogP contribution in [0.25, 0.3) is 11.4 Å². The molecule has 36 heavy (non-hydrogen) atoms. The predicted octanol–water partition coefficient (Wildman–Crippen LogP) is 2.82. The number of nitrogens with zero attached hydrogens (tertiary/aromatic N) is 5. The quantitative estimate of drug-likeness (QED) is 0.501. The molecule has 0 radical (unpaired) electrons. The molecule has 1 amide bonds. The first-order chi connectivity index (χ1) is 17.3. The Balaban J connectivity index is 1.41. The van der Waals surface area contributed by atoms with Crippen molar-refractivity contribution in [3.63, 3.8) is 0 Å². The Morgan fingerprint density at radius 3 is 2.69 bits per heavy atom. The lowest BCUT2D eigenvalue weighted by Gasteiger charge is -2.27. The lowest BCUT2D eigenvalue weighted by atomic mass is 10.0. The summed E-state index contributed by atoms with van der Waals surface area (Å²) in [7, 11) is 3.40. The van der Waals surface area contributed by atoms with Crippen LogP contribution in [0.1, 0.15) is 23.4 Å². The molecule has 0 spiro atoms. The number of aromatic nitrogens is 4. The second-order valence-electron chi connectivity index (χ2n) is 8.73. The Morgan fingerprint density at radius 1 is 1.19 bits per heavy atom.